The molecule has 32 heavy (non-hydrogen) atoms. The Labute approximate surface area is 195 Å². The number of halogens is 1. The van der Waals surface area contributed by atoms with Crippen LogP contribution in [0.4, 0.5) is 5.69 Å². The molecule has 1 fully saturated rings. The van der Waals surface area contributed by atoms with Gasteiger partial charge in [-0.3, -0.25) is 14.4 Å². The van der Waals surface area contributed by atoms with E-state index in [4.69, 9.17) is 16.3 Å². The van der Waals surface area contributed by atoms with Gasteiger partial charge in [-0.15, -0.1) is 0 Å². The Balaban J connectivity index is 1.64. The molecule has 2 N–H and O–H groups in total. The molecule has 2 aromatic carbocycles. The Kier molecular flexibility index (Phi) is 8.92. The van der Waals surface area contributed by atoms with Crippen LogP contribution < -0.4 is 10.0 Å². The first-order valence-electron chi connectivity index (χ1n) is 10.9. The number of aryl methyl sites for hydroxylation is 1. The zero-order valence-electron chi connectivity index (χ0n) is 18.3. The number of hydrogen-bond donors (Lipinski definition) is 2. The highest BCUT2D eigenvalue weighted by atomic mass is 35.5. The Morgan fingerprint density at radius 3 is 2.53 bits per heavy atom. The number of ether oxygens (including phenoxy) is 1. The molecule has 1 heterocycles. The largest absolute Gasteiger partial charge is 0.379 e. The Morgan fingerprint density at radius 1 is 1.12 bits per heavy atom. The summed E-state index contributed by atoms with van der Waals surface area (Å²) in [5, 5.41) is 3.02. The summed E-state index contributed by atoms with van der Waals surface area (Å²) in [5.41, 5.74) is 1.76. The molecule has 0 radical (unpaired) electrons. The summed E-state index contributed by atoms with van der Waals surface area (Å²) in [4.78, 5) is 14.8. The molecular weight excluding hydrogens is 450 g/mol. The number of morpholine rings is 1. The lowest BCUT2D eigenvalue weighted by Gasteiger charge is -2.26. The minimum atomic E-state index is -3.86. The van der Waals surface area contributed by atoms with E-state index >= 15 is 0 Å². The van der Waals surface area contributed by atoms with Crippen LogP contribution >= 0.6 is 11.6 Å². The number of unbranched alkanes of at least 4 members (excludes halogenated alkanes) is 1. The van der Waals surface area contributed by atoms with Crippen molar-refractivity contribution in [3.05, 3.63) is 58.6 Å². The Bertz CT molecular complexity index is 1010. The number of nitrogens with zero attached hydrogens (tertiary/aromatic N) is 1. The lowest BCUT2D eigenvalue weighted by molar-refractivity contribution is 0.0383. The Hall–Kier alpha value is -2.13. The molecule has 0 bridgehead atoms. The second-order valence-corrected chi connectivity index (χ2v) is 9.85. The predicted octanol–water partition coefficient (Wildman–Crippen LogP) is 3.55. The van der Waals surface area contributed by atoms with E-state index in [-0.39, 0.29) is 15.5 Å². The van der Waals surface area contributed by atoms with Gasteiger partial charge in [0.1, 0.15) is 0 Å². The number of nitrogens with one attached hydrogen (secondary N) is 2. The molecule has 7 nitrogen and oxygen atoms in total. The van der Waals surface area contributed by atoms with Crippen molar-refractivity contribution in [2.24, 2.45) is 0 Å². The molecule has 0 spiro atoms. The van der Waals surface area contributed by atoms with Gasteiger partial charge >= 0.3 is 0 Å². The third-order valence-corrected chi connectivity index (χ3v) is 7.04. The van der Waals surface area contributed by atoms with Crippen molar-refractivity contribution in [3.63, 3.8) is 0 Å². The normalized spacial score (nSPS) is 14.8. The maximum Gasteiger partial charge on any atom is 0.261 e. The zero-order valence-corrected chi connectivity index (χ0v) is 19.8. The van der Waals surface area contributed by atoms with E-state index < -0.39 is 15.9 Å². The van der Waals surface area contributed by atoms with Crippen molar-refractivity contribution in [3.8, 4) is 0 Å². The number of sulfonamides is 1. The first kappa shape index (κ1) is 24.5. The molecule has 2 aromatic rings. The van der Waals surface area contributed by atoms with Crippen LogP contribution in [0.2, 0.25) is 5.02 Å². The lowest BCUT2D eigenvalue weighted by Crippen LogP contribution is -2.41. The van der Waals surface area contributed by atoms with Gasteiger partial charge in [-0.1, -0.05) is 37.1 Å². The number of amides is 1. The number of carbonyl (C=O) groups is 1. The van der Waals surface area contributed by atoms with Gasteiger partial charge in [0.2, 0.25) is 0 Å². The zero-order chi connectivity index (χ0) is 23.0. The molecule has 3 rings (SSSR count). The number of benzene rings is 2. The standard InChI is InChI=1S/C23H30ClN3O4S/c1-2-3-4-18-5-7-19(8-6-18)26-32(29,30)20-9-10-22(24)21(17-20)23(28)25-11-12-27-13-15-31-16-14-27/h5-10,17,26H,2-4,11-16H2,1H3,(H,25,28). The summed E-state index contributed by atoms with van der Waals surface area (Å²) >= 11 is 6.19. The van der Waals surface area contributed by atoms with Crippen LogP contribution in [0.3, 0.4) is 0 Å². The van der Waals surface area contributed by atoms with Gasteiger partial charge in [0, 0.05) is 31.9 Å². The van der Waals surface area contributed by atoms with E-state index in [9.17, 15) is 13.2 Å². The SMILES string of the molecule is CCCCc1ccc(NS(=O)(=O)c2ccc(Cl)c(C(=O)NCCN3CCOCC3)c2)cc1. The molecule has 0 unspecified atom stereocenters. The van der Waals surface area contributed by atoms with E-state index in [1.165, 1.54) is 18.2 Å². The quantitative estimate of drug-likeness (QED) is 0.544. The number of rotatable bonds is 10. The second kappa shape index (κ2) is 11.7. The minimum absolute atomic E-state index is 0.0183. The molecule has 0 saturated carbocycles. The van der Waals surface area contributed by atoms with Crippen molar-refractivity contribution in [1.82, 2.24) is 10.2 Å². The van der Waals surface area contributed by atoms with Crippen LogP contribution in [0.1, 0.15) is 35.7 Å². The molecular formula is C23H30ClN3O4S. The van der Waals surface area contributed by atoms with Gasteiger partial charge in [0.25, 0.3) is 15.9 Å². The molecule has 1 aliphatic rings. The fourth-order valence-electron chi connectivity index (χ4n) is 3.43. The fraction of sp³-hybridized carbons (Fsp3) is 0.435. The molecule has 0 atom stereocenters. The highest BCUT2D eigenvalue weighted by molar-refractivity contribution is 7.92. The maximum atomic E-state index is 12.9. The summed E-state index contributed by atoms with van der Waals surface area (Å²) in [6.45, 7) is 6.30. The molecule has 0 aliphatic carbocycles. The summed E-state index contributed by atoms with van der Waals surface area (Å²) < 4.78 is 33.6. The lowest BCUT2D eigenvalue weighted by atomic mass is 10.1. The van der Waals surface area contributed by atoms with E-state index in [0.29, 0.717) is 32.0 Å². The van der Waals surface area contributed by atoms with Crippen molar-refractivity contribution in [2.45, 2.75) is 31.1 Å². The monoisotopic (exact) mass is 479 g/mol. The fourth-order valence-corrected chi connectivity index (χ4v) is 4.72. The topological polar surface area (TPSA) is 87.7 Å². The van der Waals surface area contributed by atoms with Crippen LogP contribution in [0, 0.1) is 0 Å². The van der Waals surface area contributed by atoms with Gasteiger partial charge in [0.15, 0.2) is 0 Å². The number of anilines is 1. The van der Waals surface area contributed by atoms with Crippen LogP contribution in [0.15, 0.2) is 47.4 Å². The van der Waals surface area contributed by atoms with Crippen LogP contribution in [-0.2, 0) is 21.2 Å². The average molecular weight is 480 g/mol. The number of carbonyl (C=O) groups excluding carboxylic acids is 1. The van der Waals surface area contributed by atoms with E-state index in [0.717, 1.165) is 37.9 Å². The van der Waals surface area contributed by atoms with Crippen molar-refractivity contribution in [2.75, 3.05) is 44.1 Å². The summed E-state index contributed by atoms with van der Waals surface area (Å²) in [6, 6.07) is 11.5. The molecule has 0 aromatic heterocycles. The Morgan fingerprint density at radius 2 is 1.84 bits per heavy atom. The van der Waals surface area contributed by atoms with Gasteiger partial charge in [-0.2, -0.15) is 0 Å². The third-order valence-electron chi connectivity index (χ3n) is 5.34. The summed E-state index contributed by atoms with van der Waals surface area (Å²) in [7, 11) is -3.86. The molecule has 1 saturated heterocycles. The molecule has 1 aliphatic heterocycles. The van der Waals surface area contributed by atoms with Crippen molar-refractivity contribution < 1.29 is 17.9 Å². The summed E-state index contributed by atoms with van der Waals surface area (Å²) in [6.07, 6.45) is 3.16. The second-order valence-electron chi connectivity index (χ2n) is 7.76. The third kappa shape index (κ3) is 6.93. The van der Waals surface area contributed by atoms with Crippen LogP contribution in [0.25, 0.3) is 0 Å². The van der Waals surface area contributed by atoms with Crippen molar-refractivity contribution in [1.29, 1.82) is 0 Å². The van der Waals surface area contributed by atoms with Gasteiger partial charge in [0.05, 0.1) is 28.7 Å². The molecule has 174 valence electrons. The first-order valence-corrected chi connectivity index (χ1v) is 12.7. The van der Waals surface area contributed by atoms with E-state index in [1.54, 1.807) is 12.1 Å². The maximum absolute atomic E-state index is 12.9. The summed E-state index contributed by atoms with van der Waals surface area (Å²) in [5.74, 6) is -0.402. The van der Waals surface area contributed by atoms with Gasteiger partial charge in [-0.25, -0.2) is 8.42 Å². The van der Waals surface area contributed by atoms with Gasteiger partial charge < -0.3 is 10.1 Å². The van der Waals surface area contributed by atoms with Crippen LogP contribution in [0.5, 0.6) is 0 Å². The smallest absolute Gasteiger partial charge is 0.261 e. The minimum Gasteiger partial charge on any atom is -0.379 e. The molecule has 1 amide bonds. The van der Waals surface area contributed by atoms with E-state index in [2.05, 4.69) is 21.9 Å². The number of hydrogen-bond acceptors (Lipinski definition) is 5. The molecule has 9 heteroatoms. The average Bonchev–Trinajstić information content (AvgIpc) is 2.79. The van der Waals surface area contributed by atoms with Crippen molar-refractivity contribution >= 4 is 33.2 Å². The first-order chi connectivity index (χ1) is 15.4. The predicted molar refractivity (Wildman–Crippen MR) is 127 cm³/mol. The van der Waals surface area contributed by atoms with Gasteiger partial charge in [-0.05, 0) is 48.7 Å². The highest BCUT2D eigenvalue weighted by Crippen LogP contribution is 2.23. The van der Waals surface area contributed by atoms with Crippen LogP contribution in [-0.4, -0.2) is 58.6 Å². The van der Waals surface area contributed by atoms with E-state index in [1.807, 2.05) is 12.1 Å². The highest BCUT2D eigenvalue weighted by Gasteiger charge is 2.19.